The van der Waals surface area contributed by atoms with Crippen molar-refractivity contribution < 1.29 is 19.7 Å². The minimum Gasteiger partial charge on any atom is -0.504 e. The van der Waals surface area contributed by atoms with Gasteiger partial charge in [0, 0.05) is 47.8 Å². The number of carbonyl (C=O) groups is 1. The van der Waals surface area contributed by atoms with E-state index in [1.54, 1.807) is 24.2 Å². The summed E-state index contributed by atoms with van der Waals surface area (Å²) in [5.41, 5.74) is 0.714. The first-order valence-corrected chi connectivity index (χ1v) is 14.1. The highest BCUT2D eigenvalue weighted by molar-refractivity contribution is 7.09. The fraction of sp³-hybridized carbons (Fsp3) is 0.571. The molecule has 2 saturated carbocycles. The van der Waals surface area contributed by atoms with Crippen LogP contribution in [0.5, 0.6) is 11.5 Å². The third kappa shape index (κ3) is 2.46. The van der Waals surface area contributed by atoms with Crippen molar-refractivity contribution in [2.45, 2.75) is 68.2 Å². The average Bonchev–Trinajstić information content (AvgIpc) is 3.38. The van der Waals surface area contributed by atoms with Gasteiger partial charge in [-0.1, -0.05) is 12.1 Å². The summed E-state index contributed by atoms with van der Waals surface area (Å²) in [6.07, 6.45) is 9.08. The van der Waals surface area contributed by atoms with E-state index >= 15 is 0 Å². The molecule has 1 aromatic carbocycles. The van der Waals surface area contributed by atoms with Gasteiger partial charge in [0.05, 0.1) is 12.0 Å². The van der Waals surface area contributed by atoms with Crippen LogP contribution in [0.3, 0.4) is 0 Å². The highest BCUT2D eigenvalue weighted by atomic mass is 32.1. The summed E-state index contributed by atoms with van der Waals surface area (Å²) in [5, 5.41) is 26.0. The number of phenols is 1. The third-order valence-corrected chi connectivity index (χ3v) is 11.0. The molecule has 1 saturated heterocycles. The van der Waals surface area contributed by atoms with Crippen molar-refractivity contribution in [2.24, 2.45) is 11.3 Å². The molecule has 5 atom stereocenters. The van der Waals surface area contributed by atoms with Gasteiger partial charge in [0.15, 0.2) is 11.5 Å². The second-order valence-electron chi connectivity index (χ2n) is 11.9. The van der Waals surface area contributed by atoms with E-state index in [4.69, 9.17) is 4.74 Å². The molecule has 1 amide bonds. The van der Waals surface area contributed by atoms with Crippen molar-refractivity contribution in [2.75, 3.05) is 20.1 Å². The quantitative estimate of drug-likeness (QED) is 0.650. The molecule has 2 spiro atoms. The second-order valence-corrected chi connectivity index (χ2v) is 12.9. The molecule has 2 aliphatic heterocycles. The Kier molecular flexibility index (Phi) is 4.15. The molecule has 4 bridgehead atoms. The number of nitrogens with zero attached hydrogens (tertiary/aromatic N) is 3. The first kappa shape index (κ1) is 21.6. The van der Waals surface area contributed by atoms with Crippen molar-refractivity contribution in [3.63, 3.8) is 0 Å². The van der Waals surface area contributed by atoms with Gasteiger partial charge in [-0.3, -0.25) is 9.69 Å². The number of likely N-dealkylation sites (N-methyl/N-ethyl adjacent to an activating group) is 1. The number of aromatic nitrogens is 1. The van der Waals surface area contributed by atoms with Crippen molar-refractivity contribution >= 4 is 17.2 Å². The Balaban J connectivity index is 1.30. The predicted molar refractivity (Wildman–Crippen MR) is 134 cm³/mol. The Morgan fingerprint density at radius 2 is 2.17 bits per heavy atom. The number of aromatic hydroxyl groups is 1. The van der Waals surface area contributed by atoms with Gasteiger partial charge in [0.25, 0.3) is 5.91 Å². The van der Waals surface area contributed by atoms with E-state index in [1.807, 2.05) is 5.38 Å². The molecule has 5 aliphatic carbocycles. The monoisotopic (exact) mass is 505 g/mol. The fourth-order valence-corrected chi connectivity index (χ4v) is 9.28. The number of piperidine rings is 1. The molecule has 2 aromatic rings. The van der Waals surface area contributed by atoms with Crippen LogP contribution in [0.2, 0.25) is 0 Å². The lowest BCUT2D eigenvalue weighted by Crippen LogP contribution is -2.78. The molecule has 3 fully saturated rings. The van der Waals surface area contributed by atoms with Crippen LogP contribution < -0.4 is 4.74 Å². The minimum absolute atomic E-state index is 0.142. The lowest BCUT2D eigenvalue weighted by atomic mass is 9.38. The molecule has 8 heteroatoms. The molecule has 36 heavy (non-hydrogen) atoms. The Morgan fingerprint density at radius 1 is 1.31 bits per heavy atom. The van der Waals surface area contributed by atoms with Crippen LogP contribution in [0.15, 0.2) is 35.4 Å². The summed E-state index contributed by atoms with van der Waals surface area (Å²) in [7, 11) is 1.79. The van der Waals surface area contributed by atoms with Crippen molar-refractivity contribution in [3.05, 3.63) is 51.5 Å². The van der Waals surface area contributed by atoms with Crippen LogP contribution in [0, 0.1) is 11.3 Å². The zero-order chi connectivity index (χ0) is 24.4. The lowest BCUT2D eigenvalue weighted by Gasteiger charge is -2.70. The number of hydrogen-bond acceptors (Lipinski definition) is 7. The van der Waals surface area contributed by atoms with E-state index in [-0.39, 0.29) is 23.1 Å². The van der Waals surface area contributed by atoms with Gasteiger partial charge < -0.3 is 19.8 Å². The normalized spacial score (nSPS) is 37.3. The summed E-state index contributed by atoms with van der Waals surface area (Å²) in [5.74, 6) is 1.31. The maximum atomic E-state index is 14.0. The maximum Gasteiger partial charge on any atom is 0.252 e. The van der Waals surface area contributed by atoms with Crippen LogP contribution >= 0.6 is 11.3 Å². The smallest absolute Gasteiger partial charge is 0.252 e. The second kappa shape index (κ2) is 6.91. The molecular weight excluding hydrogens is 474 g/mol. The summed E-state index contributed by atoms with van der Waals surface area (Å²) in [6, 6.07) is 4.07. The molecule has 0 radical (unpaired) electrons. The molecule has 188 valence electrons. The molecule has 7 nitrogen and oxygen atoms in total. The van der Waals surface area contributed by atoms with Gasteiger partial charge in [-0.05, 0) is 62.6 Å². The van der Waals surface area contributed by atoms with Crippen LogP contribution in [-0.2, 0) is 23.2 Å². The van der Waals surface area contributed by atoms with E-state index in [0.29, 0.717) is 24.3 Å². The minimum atomic E-state index is -1.39. The van der Waals surface area contributed by atoms with Crippen LogP contribution in [-0.4, -0.2) is 68.8 Å². The number of thiazole rings is 1. The van der Waals surface area contributed by atoms with Crippen LogP contribution in [0.25, 0.3) is 0 Å². The number of benzene rings is 1. The maximum absolute atomic E-state index is 14.0. The summed E-state index contributed by atoms with van der Waals surface area (Å²) in [6.45, 7) is 2.49. The van der Waals surface area contributed by atoms with Gasteiger partial charge in [-0.25, -0.2) is 4.98 Å². The molecular formula is C28H31N3O4S. The summed E-state index contributed by atoms with van der Waals surface area (Å²) < 4.78 is 6.60. The topological polar surface area (TPSA) is 86.1 Å². The number of rotatable bonds is 5. The molecule has 9 rings (SSSR count). The van der Waals surface area contributed by atoms with Crippen LogP contribution in [0.4, 0.5) is 0 Å². The van der Waals surface area contributed by atoms with Gasteiger partial charge in [0.2, 0.25) is 0 Å². The molecule has 2 N–H and O–H groups in total. The number of ether oxygens (including phenoxy) is 1. The molecule has 7 aliphatic rings. The standard InChI is InChI=1S/C28H31N3O4S/c1-30(15-21-29-9-11-36-21)24(33)18-13-26-6-7-28(18,34)25-27(26)8-10-31(14-16-2-3-16)20(26)12-17-4-5-19(32)23(35-25)22(17)27/h4-5,9,11,13,16,20,25,32,34H,2-3,6-8,10,12,14-15H2,1H3/t20-,25-,26-,27+,28-/m1/s1. The number of likely N-dealkylation sites (tertiary alicyclic amines) is 1. The van der Waals surface area contributed by atoms with Gasteiger partial charge >= 0.3 is 0 Å². The number of hydrogen-bond donors (Lipinski definition) is 2. The third-order valence-electron chi connectivity index (χ3n) is 10.3. The van der Waals surface area contributed by atoms with E-state index in [0.717, 1.165) is 48.8 Å². The lowest BCUT2D eigenvalue weighted by molar-refractivity contribution is -0.188. The molecule has 0 unspecified atom stereocenters. The Morgan fingerprint density at radius 3 is 2.94 bits per heavy atom. The first-order valence-electron chi connectivity index (χ1n) is 13.2. The first-order chi connectivity index (χ1) is 17.4. The Bertz CT molecular complexity index is 1320. The highest BCUT2D eigenvalue weighted by Crippen LogP contribution is 2.74. The van der Waals surface area contributed by atoms with Crippen molar-refractivity contribution in [1.82, 2.24) is 14.8 Å². The summed E-state index contributed by atoms with van der Waals surface area (Å²) >= 11 is 1.53. The Hall–Kier alpha value is -2.42. The molecule has 1 aromatic heterocycles. The van der Waals surface area contributed by atoms with Crippen LogP contribution in [0.1, 0.15) is 48.2 Å². The van der Waals surface area contributed by atoms with E-state index in [9.17, 15) is 15.0 Å². The predicted octanol–water partition coefficient (Wildman–Crippen LogP) is 3.00. The fourth-order valence-electron chi connectivity index (χ4n) is 8.61. The highest BCUT2D eigenvalue weighted by Gasteiger charge is 2.78. The van der Waals surface area contributed by atoms with Gasteiger partial charge in [-0.15, -0.1) is 11.3 Å². The SMILES string of the molecule is CN(Cc1nccs1)C(=O)C1=C[C@@]23CC[C@]1(O)[C@@H]1Oc4c(O)ccc5c4[C@@]12CCN(CC1CC1)[C@@H]3C5. The average molecular weight is 506 g/mol. The number of carbonyl (C=O) groups excluding carboxylic acids is 1. The van der Waals surface area contributed by atoms with E-state index in [1.165, 1.54) is 29.7 Å². The number of fused-ring (bicyclic) bond motifs is 1. The number of aliphatic hydroxyl groups is 1. The Labute approximate surface area is 214 Å². The summed E-state index contributed by atoms with van der Waals surface area (Å²) in [4.78, 5) is 22.7. The van der Waals surface area contributed by atoms with Crippen molar-refractivity contribution in [1.29, 1.82) is 0 Å². The van der Waals surface area contributed by atoms with Gasteiger partial charge in [-0.2, -0.15) is 0 Å². The zero-order valence-electron chi connectivity index (χ0n) is 20.4. The van der Waals surface area contributed by atoms with E-state index < -0.39 is 17.1 Å². The number of amides is 1. The largest absolute Gasteiger partial charge is 0.504 e. The van der Waals surface area contributed by atoms with Crippen molar-refractivity contribution in [3.8, 4) is 11.5 Å². The zero-order valence-corrected chi connectivity index (χ0v) is 21.3. The molecule has 3 heterocycles. The van der Waals surface area contributed by atoms with E-state index in [2.05, 4.69) is 22.0 Å². The number of phenolic OH excluding ortho intramolecular Hbond substituents is 1. The van der Waals surface area contributed by atoms with Gasteiger partial charge in [0.1, 0.15) is 16.7 Å².